The summed E-state index contributed by atoms with van der Waals surface area (Å²) in [7, 11) is 1.40. The highest BCUT2D eigenvalue weighted by molar-refractivity contribution is 5.95. The molecule has 0 saturated heterocycles. The van der Waals surface area contributed by atoms with Gasteiger partial charge in [0, 0.05) is 16.7 Å². The minimum absolute atomic E-state index is 0.0745. The Bertz CT molecular complexity index is 558. The zero-order valence-electron chi connectivity index (χ0n) is 11.8. The number of rotatable bonds is 6. The maximum atomic E-state index is 11.4. The van der Waals surface area contributed by atoms with Gasteiger partial charge in [-0.15, -0.1) is 0 Å². The normalized spacial score (nSPS) is 11.2. The molecule has 0 atom stereocenters. The Kier molecular flexibility index (Phi) is 5.32. The third kappa shape index (κ3) is 3.60. The molecule has 108 valence electrons. The fourth-order valence-corrected chi connectivity index (χ4v) is 1.80. The first kappa shape index (κ1) is 15.8. The summed E-state index contributed by atoms with van der Waals surface area (Å²) in [5, 5.41) is 19.0. The highest BCUT2D eigenvalue weighted by Crippen LogP contribution is 2.32. The molecular formula is C15H18O5. The van der Waals surface area contributed by atoms with E-state index >= 15 is 0 Å². The monoisotopic (exact) mass is 278 g/mol. The highest BCUT2D eigenvalue weighted by atomic mass is 16.5. The number of benzene rings is 1. The van der Waals surface area contributed by atoms with Gasteiger partial charge >= 0.3 is 5.97 Å². The van der Waals surface area contributed by atoms with Crippen molar-refractivity contribution >= 4 is 11.8 Å². The van der Waals surface area contributed by atoms with E-state index in [0.29, 0.717) is 17.5 Å². The van der Waals surface area contributed by atoms with Crippen LogP contribution in [-0.4, -0.2) is 29.1 Å². The summed E-state index contributed by atoms with van der Waals surface area (Å²) in [4.78, 5) is 22.4. The summed E-state index contributed by atoms with van der Waals surface area (Å²) in [5.74, 6) is -1.01. The average Bonchev–Trinajstić information content (AvgIpc) is 2.40. The number of phenols is 1. The lowest BCUT2D eigenvalue weighted by molar-refractivity contribution is -0.132. The second-order valence-corrected chi connectivity index (χ2v) is 4.33. The predicted octanol–water partition coefficient (Wildman–Crippen LogP) is 2.57. The molecule has 0 amide bonds. The first-order valence-electron chi connectivity index (χ1n) is 6.23. The number of aromatic hydroxyl groups is 1. The molecule has 5 heteroatoms. The van der Waals surface area contributed by atoms with E-state index in [9.17, 15) is 14.7 Å². The first-order valence-corrected chi connectivity index (χ1v) is 6.23. The molecule has 2 N–H and O–H groups in total. The van der Waals surface area contributed by atoms with Gasteiger partial charge in [-0.3, -0.25) is 4.79 Å². The molecule has 0 fully saturated rings. The molecule has 1 aromatic rings. The molecule has 0 saturated carbocycles. The zero-order chi connectivity index (χ0) is 15.3. The number of carbonyl (C=O) groups is 2. The minimum atomic E-state index is -0.985. The summed E-state index contributed by atoms with van der Waals surface area (Å²) in [6, 6.07) is 3.01. The lowest BCUT2D eigenvalue weighted by atomic mass is 10.0. The Hall–Kier alpha value is -2.30. The molecule has 5 nitrogen and oxygen atoms in total. The summed E-state index contributed by atoms with van der Waals surface area (Å²) < 4.78 is 5.02. The Morgan fingerprint density at radius 2 is 2.00 bits per heavy atom. The van der Waals surface area contributed by atoms with Crippen molar-refractivity contribution in [3.8, 4) is 11.5 Å². The van der Waals surface area contributed by atoms with Crippen LogP contribution in [0.3, 0.4) is 0 Å². The number of methoxy groups -OCH3 is 1. The summed E-state index contributed by atoms with van der Waals surface area (Å²) in [5.41, 5.74) is 1.13. The van der Waals surface area contributed by atoms with Crippen molar-refractivity contribution in [3.63, 3.8) is 0 Å². The van der Waals surface area contributed by atoms with Crippen LogP contribution in [0, 0.1) is 0 Å². The van der Waals surface area contributed by atoms with Crippen molar-refractivity contribution in [2.75, 3.05) is 7.11 Å². The number of carboxylic acids is 1. The Labute approximate surface area is 117 Å². The number of hydrogen-bond acceptors (Lipinski definition) is 4. The van der Waals surface area contributed by atoms with E-state index in [1.165, 1.54) is 26.2 Å². The van der Waals surface area contributed by atoms with Crippen LogP contribution in [0.2, 0.25) is 0 Å². The van der Waals surface area contributed by atoms with E-state index in [-0.39, 0.29) is 29.3 Å². The van der Waals surface area contributed by atoms with Crippen LogP contribution in [0.1, 0.15) is 36.2 Å². The van der Waals surface area contributed by atoms with Crippen molar-refractivity contribution in [1.29, 1.82) is 0 Å². The van der Waals surface area contributed by atoms with E-state index in [1.54, 1.807) is 13.0 Å². The smallest absolute Gasteiger partial charge is 0.331 e. The summed E-state index contributed by atoms with van der Waals surface area (Å²) >= 11 is 0. The fraction of sp³-hybridized carbons (Fsp3) is 0.333. The maximum absolute atomic E-state index is 11.4. The van der Waals surface area contributed by atoms with Crippen molar-refractivity contribution in [2.24, 2.45) is 0 Å². The molecule has 0 aliphatic rings. The number of phenolic OH excluding ortho intramolecular Hbond substituents is 1. The van der Waals surface area contributed by atoms with Gasteiger partial charge in [0.2, 0.25) is 0 Å². The van der Waals surface area contributed by atoms with Crippen molar-refractivity contribution in [3.05, 3.63) is 34.9 Å². The lowest BCUT2D eigenvalue weighted by Gasteiger charge is -2.10. The number of ketones is 1. The van der Waals surface area contributed by atoms with E-state index in [4.69, 9.17) is 9.84 Å². The van der Waals surface area contributed by atoms with Crippen LogP contribution in [0.4, 0.5) is 0 Å². The predicted molar refractivity (Wildman–Crippen MR) is 74.4 cm³/mol. The number of ether oxygens (including phenoxy) is 1. The standard InChI is InChI=1S/C15H18O5/c1-4-10(15(18)19)5-6-11-7-12(9(2)16)8-13(20-3)14(11)17/h5,7-8,17H,4,6H2,1-3H3,(H,18,19). The number of carboxylic acid groups (broad SMARTS) is 1. The number of Topliss-reactive ketones (excluding diaryl/α,β-unsaturated/α-hetero) is 1. The average molecular weight is 278 g/mol. The van der Waals surface area contributed by atoms with Gasteiger partial charge in [-0.05, 0) is 31.9 Å². The molecule has 20 heavy (non-hydrogen) atoms. The van der Waals surface area contributed by atoms with Gasteiger partial charge < -0.3 is 14.9 Å². The van der Waals surface area contributed by atoms with E-state index in [1.807, 2.05) is 0 Å². The van der Waals surface area contributed by atoms with Crippen LogP contribution in [0.25, 0.3) is 0 Å². The van der Waals surface area contributed by atoms with Gasteiger partial charge in [-0.2, -0.15) is 0 Å². The Balaban J connectivity index is 3.20. The number of allylic oxidation sites excluding steroid dienone is 1. The van der Waals surface area contributed by atoms with Gasteiger partial charge in [-0.25, -0.2) is 4.79 Å². The minimum Gasteiger partial charge on any atom is -0.504 e. The molecule has 0 radical (unpaired) electrons. The number of aliphatic carboxylic acids is 1. The SMILES string of the molecule is CCC(=CCc1cc(C(C)=O)cc(OC)c1O)C(=O)O. The van der Waals surface area contributed by atoms with Gasteiger partial charge in [0.1, 0.15) is 0 Å². The van der Waals surface area contributed by atoms with E-state index < -0.39 is 5.97 Å². The third-order valence-corrected chi connectivity index (χ3v) is 3.00. The van der Waals surface area contributed by atoms with Gasteiger partial charge in [0.15, 0.2) is 17.3 Å². The quantitative estimate of drug-likeness (QED) is 0.617. The molecule has 1 rings (SSSR count). The van der Waals surface area contributed by atoms with E-state index in [0.717, 1.165) is 0 Å². The first-order chi connectivity index (χ1) is 9.40. The van der Waals surface area contributed by atoms with Crippen LogP contribution < -0.4 is 4.74 Å². The Morgan fingerprint density at radius 1 is 1.35 bits per heavy atom. The largest absolute Gasteiger partial charge is 0.504 e. The molecule has 0 heterocycles. The van der Waals surface area contributed by atoms with Crippen molar-refractivity contribution < 1.29 is 24.5 Å². The molecule has 0 spiro atoms. The van der Waals surface area contributed by atoms with Gasteiger partial charge in [-0.1, -0.05) is 13.0 Å². The van der Waals surface area contributed by atoms with Crippen LogP contribution in [0.5, 0.6) is 11.5 Å². The third-order valence-electron chi connectivity index (χ3n) is 3.00. The summed E-state index contributed by atoms with van der Waals surface area (Å²) in [6.45, 7) is 3.16. The van der Waals surface area contributed by atoms with Crippen molar-refractivity contribution in [1.82, 2.24) is 0 Å². The van der Waals surface area contributed by atoms with Crippen LogP contribution in [-0.2, 0) is 11.2 Å². The number of hydrogen-bond donors (Lipinski definition) is 2. The molecule has 0 aromatic heterocycles. The highest BCUT2D eigenvalue weighted by Gasteiger charge is 2.13. The Morgan fingerprint density at radius 3 is 2.45 bits per heavy atom. The molecule has 0 aliphatic heterocycles. The molecule has 0 aliphatic carbocycles. The summed E-state index contributed by atoms with van der Waals surface area (Å²) in [6.07, 6.45) is 2.14. The topological polar surface area (TPSA) is 83.8 Å². The molecule has 0 unspecified atom stereocenters. The molecular weight excluding hydrogens is 260 g/mol. The zero-order valence-corrected chi connectivity index (χ0v) is 11.8. The van der Waals surface area contributed by atoms with Gasteiger partial charge in [0.05, 0.1) is 7.11 Å². The number of carbonyl (C=O) groups excluding carboxylic acids is 1. The second-order valence-electron chi connectivity index (χ2n) is 4.33. The van der Waals surface area contributed by atoms with Crippen molar-refractivity contribution in [2.45, 2.75) is 26.7 Å². The van der Waals surface area contributed by atoms with E-state index in [2.05, 4.69) is 0 Å². The molecule has 1 aromatic carbocycles. The van der Waals surface area contributed by atoms with Crippen LogP contribution in [0.15, 0.2) is 23.8 Å². The molecule has 0 bridgehead atoms. The van der Waals surface area contributed by atoms with Crippen LogP contribution >= 0.6 is 0 Å². The van der Waals surface area contributed by atoms with Gasteiger partial charge in [0.25, 0.3) is 0 Å². The fourth-order valence-electron chi connectivity index (χ4n) is 1.80. The second kappa shape index (κ2) is 6.75. The maximum Gasteiger partial charge on any atom is 0.331 e. The lowest BCUT2D eigenvalue weighted by Crippen LogP contribution is -2.01.